The van der Waals surface area contributed by atoms with E-state index in [9.17, 15) is 13.2 Å². The predicted octanol–water partition coefficient (Wildman–Crippen LogP) is 4.82. The van der Waals surface area contributed by atoms with Gasteiger partial charge in [0.05, 0.1) is 26.4 Å². The fourth-order valence-corrected chi connectivity index (χ4v) is 3.43. The zero-order valence-electron chi connectivity index (χ0n) is 16.0. The molecule has 8 heteroatoms. The second kappa shape index (κ2) is 9.91. The first-order valence-corrected chi connectivity index (χ1v) is 9.75. The summed E-state index contributed by atoms with van der Waals surface area (Å²) in [6.07, 6.45) is -1.51. The average Bonchev–Trinajstić information content (AvgIpc) is 2.68. The van der Waals surface area contributed by atoms with E-state index in [0.29, 0.717) is 24.7 Å². The van der Waals surface area contributed by atoms with Crippen LogP contribution in [0.25, 0.3) is 0 Å². The highest BCUT2D eigenvalue weighted by molar-refractivity contribution is 5.28. The molecule has 0 radical (unpaired) electrons. The topological polar surface area (TPSA) is 46.2 Å². The minimum atomic E-state index is -4.70. The highest BCUT2D eigenvalue weighted by atomic mass is 19.4. The lowest BCUT2D eigenvalue weighted by Gasteiger charge is -2.32. The SMILES string of the molecule is CCC[C@H]1CO[C@H](CC[C@H]2CO[C@H](c3ccc(OC(F)(F)F)cc3)OC2)OC1. The Morgan fingerprint density at radius 1 is 0.857 bits per heavy atom. The van der Waals surface area contributed by atoms with Crippen molar-refractivity contribution in [2.24, 2.45) is 11.8 Å². The van der Waals surface area contributed by atoms with Crippen molar-refractivity contribution in [3.63, 3.8) is 0 Å². The molecule has 2 aliphatic heterocycles. The summed E-state index contributed by atoms with van der Waals surface area (Å²) in [4.78, 5) is 0. The zero-order chi connectivity index (χ0) is 20.0. The molecule has 2 heterocycles. The molecule has 158 valence electrons. The van der Waals surface area contributed by atoms with Gasteiger partial charge in [-0.3, -0.25) is 0 Å². The number of hydrogen-bond acceptors (Lipinski definition) is 5. The van der Waals surface area contributed by atoms with Crippen LogP contribution in [-0.4, -0.2) is 39.1 Å². The third kappa shape index (κ3) is 6.62. The Morgan fingerprint density at radius 3 is 2.00 bits per heavy atom. The van der Waals surface area contributed by atoms with Gasteiger partial charge in [-0.1, -0.05) is 25.5 Å². The van der Waals surface area contributed by atoms with Crippen LogP contribution < -0.4 is 4.74 Å². The summed E-state index contributed by atoms with van der Waals surface area (Å²) in [5.74, 6) is 0.472. The average molecular weight is 404 g/mol. The lowest BCUT2D eigenvalue weighted by atomic mass is 10.0. The maximum absolute atomic E-state index is 12.2. The molecular weight excluding hydrogens is 377 g/mol. The van der Waals surface area contributed by atoms with Crippen LogP contribution in [0.4, 0.5) is 13.2 Å². The molecule has 0 amide bonds. The molecule has 0 unspecified atom stereocenters. The first kappa shape index (κ1) is 21.4. The van der Waals surface area contributed by atoms with Gasteiger partial charge < -0.3 is 23.7 Å². The third-order valence-corrected chi connectivity index (χ3v) is 4.90. The fraction of sp³-hybridized carbons (Fsp3) is 0.700. The van der Waals surface area contributed by atoms with Gasteiger partial charge in [0.2, 0.25) is 0 Å². The summed E-state index contributed by atoms with van der Waals surface area (Å²) < 4.78 is 63.5. The molecular formula is C20H27F3O5. The van der Waals surface area contributed by atoms with Crippen molar-refractivity contribution in [1.82, 2.24) is 0 Å². The summed E-state index contributed by atoms with van der Waals surface area (Å²) in [7, 11) is 0. The molecule has 0 saturated carbocycles. The van der Waals surface area contributed by atoms with Crippen LogP contribution in [0.1, 0.15) is 44.5 Å². The van der Waals surface area contributed by atoms with Crippen molar-refractivity contribution in [1.29, 1.82) is 0 Å². The lowest BCUT2D eigenvalue weighted by molar-refractivity contribution is -0.274. The van der Waals surface area contributed by atoms with Crippen LogP contribution >= 0.6 is 0 Å². The van der Waals surface area contributed by atoms with Crippen LogP contribution in [0.3, 0.4) is 0 Å². The molecule has 1 aromatic rings. The second-order valence-corrected chi connectivity index (χ2v) is 7.31. The van der Waals surface area contributed by atoms with Crippen LogP contribution in [0, 0.1) is 11.8 Å². The van der Waals surface area contributed by atoms with E-state index in [2.05, 4.69) is 11.7 Å². The van der Waals surface area contributed by atoms with E-state index in [1.807, 2.05) is 0 Å². The van der Waals surface area contributed by atoms with Crippen molar-refractivity contribution in [3.05, 3.63) is 29.8 Å². The van der Waals surface area contributed by atoms with Gasteiger partial charge in [0.15, 0.2) is 12.6 Å². The third-order valence-electron chi connectivity index (χ3n) is 4.90. The van der Waals surface area contributed by atoms with Crippen LogP contribution in [-0.2, 0) is 18.9 Å². The van der Waals surface area contributed by atoms with Gasteiger partial charge in [-0.25, -0.2) is 0 Å². The number of halogens is 3. The summed E-state index contributed by atoms with van der Waals surface area (Å²) >= 11 is 0. The van der Waals surface area contributed by atoms with Gasteiger partial charge in [0.1, 0.15) is 5.75 Å². The number of hydrogen-bond donors (Lipinski definition) is 0. The zero-order valence-corrected chi connectivity index (χ0v) is 16.0. The number of benzene rings is 1. The number of ether oxygens (including phenoxy) is 5. The largest absolute Gasteiger partial charge is 0.573 e. The molecule has 0 atom stereocenters. The molecule has 0 aliphatic carbocycles. The summed E-state index contributed by atoms with van der Waals surface area (Å²) in [5.41, 5.74) is 0.661. The Balaban J connectivity index is 1.36. The normalized spacial score (nSPS) is 28.9. The van der Waals surface area contributed by atoms with Crippen LogP contribution in [0.2, 0.25) is 0 Å². The quantitative estimate of drug-likeness (QED) is 0.652. The first-order valence-electron chi connectivity index (χ1n) is 9.75. The van der Waals surface area contributed by atoms with E-state index in [-0.39, 0.29) is 18.0 Å². The maximum atomic E-state index is 12.2. The van der Waals surface area contributed by atoms with E-state index >= 15 is 0 Å². The lowest BCUT2D eigenvalue weighted by Crippen LogP contribution is -2.33. The number of rotatable bonds is 7. The highest BCUT2D eigenvalue weighted by Gasteiger charge is 2.31. The molecule has 2 saturated heterocycles. The molecule has 3 rings (SSSR count). The van der Waals surface area contributed by atoms with Crippen molar-refractivity contribution in [2.45, 2.75) is 51.5 Å². The molecule has 5 nitrogen and oxygen atoms in total. The van der Waals surface area contributed by atoms with Crippen LogP contribution in [0.5, 0.6) is 5.75 Å². The molecule has 0 spiro atoms. The van der Waals surface area contributed by atoms with Crippen molar-refractivity contribution >= 4 is 0 Å². The molecule has 0 aromatic heterocycles. The molecule has 0 N–H and O–H groups in total. The van der Waals surface area contributed by atoms with Crippen LogP contribution in [0.15, 0.2) is 24.3 Å². The first-order chi connectivity index (χ1) is 13.4. The van der Waals surface area contributed by atoms with Gasteiger partial charge in [0.25, 0.3) is 0 Å². The Kier molecular flexibility index (Phi) is 7.56. The van der Waals surface area contributed by atoms with E-state index in [0.717, 1.165) is 38.9 Å². The van der Waals surface area contributed by atoms with Crippen molar-refractivity contribution < 1.29 is 36.9 Å². The van der Waals surface area contributed by atoms with E-state index < -0.39 is 12.7 Å². The fourth-order valence-electron chi connectivity index (χ4n) is 3.43. The van der Waals surface area contributed by atoms with Gasteiger partial charge >= 0.3 is 6.36 Å². The van der Waals surface area contributed by atoms with E-state index in [1.54, 1.807) is 0 Å². The summed E-state index contributed by atoms with van der Waals surface area (Å²) in [6, 6.07) is 5.54. The molecule has 28 heavy (non-hydrogen) atoms. The minimum absolute atomic E-state index is 0.160. The van der Waals surface area contributed by atoms with Gasteiger partial charge in [0, 0.05) is 17.4 Å². The molecule has 1 aromatic carbocycles. The Bertz CT molecular complexity index is 576. The minimum Gasteiger partial charge on any atom is -0.406 e. The molecule has 2 fully saturated rings. The van der Waals surface area contributed by atoms with Gasteiger partial charge in [-0.15, -0.1) is 13.2 Å². The van der Waals surface area contributed by atoms with E-state index in [4.69, 9.17) is 18.9 Å². The standard InChI is InChI=1S/C20H27F3O5/c1-2-3-14-10-24-18(25-11-14)9-4-15-12-26-19(27-13-15)16-5-7-17(8-6-16)28-20(21,22)23/h5-8,14-15,18-19H,2-4,9-13H2,1H3/t14-,15-,18-,19-. The second-order valence-electron chi connectivity index (χ2n) is 7.31. The van der Waals surface area contributed by atoms with Gasteiger partial charge in [-0.2, -0.15) is 0 Å². The molecule has 0 bridgehead atoms. The number of alkyl halides is 3. The predicted molar refractivity (Wildman–Crippen MR) is 94.6 cm³/mol. The van der Waals surface area contributed by atoms with Crippen molar-refractivity contribution in [3.8, 4) is 5.75 Å². The Hall–Kier alpha value is -1.35. The highest BCUT2D eigenvalue weighted by Crippen LogP contribution is 2.30. The van der Waals surface area contributed by atoms with Gasteiger partial charge in [-0.05, 0) is 31.4 Å². The van der Waals surface area contributed by atoms with Crippen molar-refractivity contribution in [2.75, 3.05) is 26.4 Å². The Labute approximate surface area is 163 Å². The Morgan fingerprint density at radius 2 is 1.43 bits per heavy atom. The summed E-state index contributed by atoms with van der Waals surface area (Å²) in [5, 5.41) is 0. The summed E-state index contributed by atoms with van der Waals surface area (Å²) in [6.45, 7) is 4.72. The maximum Gasteiger partial charge on any atom is 0.573 e. The molecule has 2 aliphatic rings. The monoisotopic (exact) mass is 404 g/mol. The smallest absolute Gasteiger partial charge is 0.406 e. The van der Waals surface area contributed by atoms with E-state index in [1.165, 1.54) is 24.3 Å².